The van der Waals surface area contributed by atoms with E-state index in [1.807, 2.05) is 52.1 Å². The molecule has 160 valence electrons. The maximum atomic E-state index is 12.9. The summed E-state index contributed by atoms with van der Waals surface area (Å²) in [5.41, 5.74) is 4.00. The Hall–Kier alpha value is -3.48. The van der Waals surface area contributed by atoms with Gasteiger partial charge in [-0.2, -0.15) is 5.10 Å². The lowest BCUT2D eigenvalue weighted by atomic mass is 9.94. The fourth-order valence-electron chi connectivity index (χ4n) is 4.48. The highest BCUT2D eigenvalue weighted by molar-refractivity contribution is 6.25. The van der Waals surface area contributed by atoms with Gasteiger partial charge in [0.15, 0.2) is 0 Å². The van der Waals surface area contributed by atoms with Crippen molar-refractivity contribution in [2.24, 2.45) is 7.05 Å². The highest BCUT2D eigenvalue weighted by atomic mass is 16.2. The molecular formula is C24H26N4O3. The molecule has 2 aromatic carbocycles. The fraction of sp³-hybridized carbons (Fsp3) is 0.333. The summed E-state index contributed by atoms with van der Waals surface area (Å²) in [6.45, 7) is 6.04. The zero-order chi connectivity index (χ0) is 22.3. The smallest absolute Gasteiger partial charge is 0.261 e. The van der Waals surface area contributed by atoms with Gasteiger partial charge in [-0.05, 0) is 44.7 Å². The first-order valence-electron chi connectivity index (χ1n) is 10.5. The van der Waals surface area contributed by atoms with E-state index in [4.69, 9.17) is 0 Å². The van der Waals surface area contributed by atoms with Crippen molar-refractivity contribution < 1.29 is 14.4 Å². The summed E-state index contributed by atoms with van der Waals surface area (Å²) in [6.07, 6.45) is 0.630. The van der Waals surface area contributed by atoms with Crippen LogP contribution >= 0.6 is 0 Å². The van der Waals surface area contributed by atoms with Crippen LogP contribution in [0.4, 0.5) is 0 Å². The molecule has 7 nitrogen and oxygen atoms in total. The van der Waals surface area contributed by atoms with Crippen LogP contribution in [-0.2, 0) is 11.8 Å². The molecule has 0 saturated heterocycles. The molecule has 0 radical (unpaired) electrons. The number of carbonyl (C=O) groups is 3. The molecule has 0 fully saturated rings. The van der Waals surface area contributed by atoms with E-state index >= 15 is 0 Å². The molecule has 31 heavy (non-hydrogen) atoms. The van der Waals surface area contributed by atoms with Crippen molar-refractivity contribution in [2.75, 3.05) is 6.54 Å². The average Bonchev–Trinajstić information content (AvgIpc) is 2.99. The Balaban J connectivity index is 1.40. The van der Waals surface area contributed by atoms with Crippen molar-refractivity contribution in [3.63, 3.8) is 0 Å². The van der Waals surface area contributed by atoms with Gasteiger partial charge in [-0.15, -0.1) is 0 Å². The number of rotatable bonds is 6. The van der Waals surface area contributed by atoms with Gasteiger partial charge in [0.25, 0.3) is 11.8 Å². The summed E-state index contributed by atoms with van der Waals surface area (Å²) in [4.78, 5) is 39.6. The second-order valence-electron chi connectivity index (χ2n) is 8.07. The van der Waals surface area contributed by atoms with Crippen LogP contribution in [0.2, 0.25) is 0 Å². The first-order chi connectivity index (χ1) is 14.8. The Morgan fingerprint density at radius 1 is 1.06 bits per heavy atom. The number of aryl methyl sites for hydroxylation is 2. The lowest BCUT2D eigenvalue weighted by Crippen LogP contribution is -2.41. The highest BCUT2D eigenvalue weighted by Gasteiger charge is 2.32. The van der Waals surface area contributed by atoms with Gasteiger partial charge in [-0.1, -0.05) is 24.3 Å². The third-order valence-electron chi connectivity index (χ3n) is 6.02. The molecule has 1 aromatic heterocycles. The first kappa shape index (κ1) is 20.8. The number of nitrogens with one attached hydrogen (secondary N) is 1. The van der Waals surface area contributed by atoms with Gasteiger partial charge >= 0.3 is 0 Å². The minimum absolute atomic E-state index is 0.116. The molecule has 3 amide bonds. The quantitative estimate of drug-likeness (QED) is 0.622. The summed E-state index contributed by atoms with van der Waals surface area (Å²) < 4.78 is 1.80. The molecule has 1 aliphatic heterocycles. The van der Waals surface area contributed by atoms with Crippen LogP contribution in [0.5, 0.6) is 0 Å². The van der Waals surface area contributed by atoms with Crippen LogP contribution in [-0.4, -0.2) is 38.9 Å². The lowest BCUT2D eigenvalue weighted by Gasteiger charge is -2.27. The maximum absolute atomic E-state index is 12.9. The van der Waals surface area contributed by atoms with Gasteiger partial charge < -0.3 is 5.32 Å². The number of carbonyl (C=O) groups excluding carboxylic acids is 3. The summed E-state index contributed by atoms with van der Waals surface area (Å²) >= 11 is 0. The number of amides is 3. The summed E-state index contributed by atoms with van der Waals surface area (Å²) in [6, 6.07) is 10.8. The third-order valence-corrected chi connectivity index (χ3v) is 6.02. The molecule has 0 spiro atoms. The molecule has 1 aliphatic rings. The van der Waals surface area contributed by atoms with Crippen molar-refractivity contribution in [3.8, 4) is 0 Å². The lowest BCUT2D eigenvalue weighted by molar-refractivity contribution is -0.121. The molecule has 1 N–H and O–H groups in total. The second kappa shape index (κ2) is 7.98. The van der Waals surface area contributed by atoms with Crippen LogP contribution < -0.4 is 5.32 Å². The molecule has 0 unspecified atom stereocenters. The highest BCUT2D eigenvalue weighted by Crippen LogP contribution is 2.30. The molecule has 0 saturated carbocycles. The second-order valence-corrected chi connectivity index (χ2v) is 8.07. The normalized spacial score (nSPS) is 14.3. The number of hydrogen-bond acceptors (Lipinski definition) is 4. The van der Waals surface area contributed by atoms with E-state index in [0.717, 1.165) is 22.3 Å². The molecule has 0 bridgehead atoms. The topological polar surface area (TPSA) is 84.3 Å². The van der Waals surface area contributed by atoms with Crippen LogP contribution in [0.3, 0.4) is 0 Å². The Morgan fingerprint density at radius 2 is 1.68 bits per heavy atom. The molecule has 0 aliphatic carbocycles. The van der Waals surface area contributed by atoms with Crippen molar-refractivity contribution >= 4 is 28.5 Å². The predicted octanol–water partition coefficient (Wildman–Crippen LogP) is 3.44. The van der Waals surface area contributed by atoms with E-state index in [-0.39, 0.29) is 36.7 Å². The maximum Gasteiger partial charge on any atom is 0.261 e. The van der Waals surface area contributed by atoms with Crippen molar-refractivity contribution in [1.82, 2.24) is 20.0 Å². The summed E-state index contributed by atoms with van der Waals surface area (Å²) in [5, 5.41) is 8.99. The van der Waals surface area contributed by atoms with E-state index in [1.54, 1.807) is 16.8 Å². The van der Waals surface area contributed by atoms with Crippen molar-refractivity contribution in [2.45, 2.75) is 39.7 Å². The summed E-state index contributed by atoms with van der Waals surface area (Å²) in [5.74, 6) is -0.719. The SMILES string of the molecule is Cc1nn(C)c(C)c1[C@H](C)NC(=O)CCCN1C(=O)c2cccc3cccc(c23)C1=O. The average molecular weight is 418 g/mol. The van der Waals surface area contributed by atoms with Crippen LogP contribution in [0.1, 0.15) is 63.5 Å². The third kappa shape index (κ3) is 3.60. The standard InChI is InChI=1S/C24H26N4O3/c1-14(21-15(2)26-27(4)16(21)3)25-20(29)12-7-13-28-23(30)18-10-5-8-17-9-6-11-19(22(17)18)24(28)31/h5-6,8-11,14H,7,12-13H2,1-4H3,(H,25,29)/t14-/m0/s1. The zero-order valence-corrected chi connectivity index (χ0v) is 18.2. The Morgan fingerprint density at radius 3 is 2.23 bits per heavy atom. The number of nitrogens with zero attached hydrogens (tertiary/aromatic N) is 3. The Labute approximate surface area is 181 Å². The van der Waals surface area contributed by atoms with Crippen molar-refractivity contribution in [3.05, 3.63) is 64.5 Å². The number of benzene rings is 2. The zero-order valence-electron chi connectivity index (χ0n) is 18.2. The van der Waals surface area contributed by atoms with Crippen molar-refractivity contribution in [1.29, 1.82) is 0 Å². The fourth-order valence-corrected chi connectivity index (χ4v) is 4.48. The van der Waals surface area contributed by atoms with E-state index in [1.165, 1.54) is 4.90 Å². The predicted molar refractivity (Wildman–Crippen MR) is 118 cm³/mol. The summed E-state index contributed by atoms with van der Waals surface area (Å²) in [7, 11) is 1.88. The number of hydrogen-bond donors (Lipinski definition) is 1. The monoisotopic (exact) mass is 418 g/mol. The number of imide groups is 1. The minimum Gasteiger partial charge on any atom is -0.349 e. The van der Waals surface area contributed by atoms with Crippen LogP contribution in [0.15, 0.2) is 36.4 Å². The number of aromatic nitrogens is 2. The molecule has 4 rings (SSSR count). The van der Waals surface area contributed by atoms with E-state index < -0.39 is 0 Å². The van der Waals surface area contributed by atoms with E-state index in [2.05, 4.69) is 10.4 Å². The Kier molecular flexibility index (Phi) is 5.35. The van der Waals surface area contributed by atoms with Crippen LogP contribution in [0, 0.1) is 13.8 Å². The van der Waals surface area contributed by atoms with E-state index in [9.17, 15) is 14.4 Å². The van der Waals surface area contributed by atoms with Gasteiger partial charge in [-0.3, -0.25) is 24.0 Å². The van der Waals surface area contributed by atoms with E-state index in [0.29, 0.717) is 22.9 Å². The van der Waals surface area contributed by atoms with Gasteiger partial charge in [-0.25, -0.2) is 0 Å². The minimum atomic E-state index is -0.301. The Bertz CT molecular complexity index is 1160. The molecule has 3 aromatic rings. The molecular weight excluding hydrogens is 392 g/mol. The van der Waals surface area contributed by atoms with Gasteiger partial charge in [0, 0.05) is 47.8 Å². The van der Waals surface area contributed by atoms with Gasteiger partial charge in [0.05, 0.1) is 11.7 Å². The molecule has 1 atom stereocenters. The largest absolute Gasteiger partial charge is 0.349 e. The van der Waals surface area contributed by atoms with Gasteiger partial charge in [0.1, 0.15) is 0 Å². The van der Waals surface area contributed by atoms with Crippen LogP contribution in [0.25, 0.3) is 10.8 Å². The first-order valence-corrected chi connectivity index (χ1v) is 10.5. The molecule has 7 heteroatoms. The van der Waals surface area contributed by atoms with Gasteiger partial charge in [0.2, 0.25) is 5.91 Å². The molecule has 2 heterocycles.